The summed E-state index contributed by atoms with van der Waals surface area (Å²) in [7, 11) is -4.37. The number of rotatable bonds is 33. The van der Waals surface area contributed by atoms with Crippen molar-refractivity contribution in [3.63, 3.8) is 0 Å². The van der Waals surface area contributed by atoms with Crippen LogP contribution in [0.25, 0.3) is 0 Å². The van der Waals surface area contributed by atoms with Crippen molar-refractivity contribution in [2.75, 3.05) is 78.4 Å². The van der Waals surface area contributed by atoms with Gasteiger partial charge in [-0.05, 0) is 32.1 Å². The first kappa shape index (κ1) is 44.0. The van der Waals surface area contributed by atoms with Crippen LogP contribution in [-0.4, -0.2) is 127 Å². The van der Waals surface area contributed by atoms with E-state index in [0.717, 1.165) is 13.0 Å². The van der Waals surface area contributed by atoms with Crippen LogP contribution in [0.2, 0.25) is 0 Å². The maximum Gasteiger partial charge on any atom is 0.323 e. The van der Waals surface area contributed by atoms with Crippen molar-refractivity contribution in [2.24, 2.45) is 0 Å². The Hall–Kier alpha value is -0.0800. The maximum atomic E-state index is 11.1. The molecule has 0 spiro atoms. The Morgan fingerprint density at radius 1 is 0.548 bits per heavy atom. The van der Waals surface area contributed by atoms with Crippen LogP contribution in [-0.2, 0) is 43.3 Å². The van der Waals surface area contributed by atoms with Crippen LogP contribution in [0.5, 0.6) is 0 Å². The molecule has 0 amide bonds. The van der Waals surface area contributed by atoms with E-state index in [-0.39, 0.29) is 42.8 Å². The van der Waals surface area contributed by atoms with Crippen molar-refractivity contribution >= 4 is 45.6 Å². The van der Waals surface area contributed by atoms with E-state index in [4.69, 9.17) is 28.2 Å². The molecule has 0 saturated carbocycles. The Kier molecular flexibility index (Phi) is 37.1. The van der Waals surface area contributed by atoms with Gasteiger partial charge in [-0.2, -0.15) is 8.42 Å². The molecule has 0 aromatic carbocycles. The quantitative estimate of drug-likeness (QED) is 0.0341. The van der Waals surface area contributed by atoms with Crippen molar-refractivity contribution < 1.29 is 46.2 Å². The van der Waals surface area contributed by atoms with Crippen molar-refractivity contribution in [2.45, 2.75) is 96.8 Å². The normalized spacial score (nSPS) is 11.7. The third kappa shape index (κ3) is 39.9. The first-order valence-corrected chi connectivity index (χ1v) is 17.2. The molecule has 0 aliphatic heterocycles. The van der Waals surface area contributed by atoms with Gasteiger partial charge in [-0.25, -0.2) is 0 Å². The van der Waals surface area contributed by atoms with E-state index >= 15 is 0 Å². The molecule has 245 valence electrons. The number of carbonyl (C=O) groups is 1. The predicted molar refractivity (Wildman–Crippen MR) is 167 cm³/mol. The molecule has 0 fully saturated rings. The summed E-state index contributed by atoms with van der Waals surface area (Å²) < 4.78 is 61.2. The van der Waals surface area contributed by atoms with Gasteiger partial charge in [0.2, 0.25) is 0 Å². The van der Waals surface area contributed by atoms with Gasteiger partial charge in [0.1, 0.15) is 6.61 Å². The Labute approximate surface area is 278 Å². The number of allylic oxidation sites excluding steroid dienone is 2. The molecule has 0 aromatic heterocycles. The average molecular weight is 634 g/mol. The van der Waals surface area contributed by atoms with Gasteiger partial charge in [0, 0.05) is 36.2 Å². The molecule has 0 rings (SSSR count). The second-order valence-corrected chi connectivity index (χ2v) is 11.4. The first-order chi connectivity index (χ1) is 20.0. The summed E-state index contributed by atoms with van der Waals surface area (Å²) in [5.74, 6) is -2.09. The van der Waals surface area contributed by atoms with E-state index in [1.165, 1.54) is 83.5 Å². The van der Waals surface area contributed by atoms with Crippen LogP contribution in [0.3, 0.4) is 0 Å². The smallest absolute Gasteiger partial charge is 0.323 e. The summed E-state index contributed by atoms with van der Waals surface area (Å²) in [5.41, 5.74) is 0. The minimum absolute atomic E-state index is 0. The third-order valence-electron chi connectivity index (χ3n) is 6.08. The Balaban J connectivity index is 0. The van der Waals surface area contributed by atoms with Gasteiger partial charge >= 0.3 is 5.97 Å². The fourth-order valence-corrected chi connectivity index (χ4v) is 4.22. The monoisotopic (exact) mass is 633 g/mol. The zero-order chi connectivity index (χ0) is 30.1. The fraction of sp³-hybridized carbons (Fsp3) is 0.900. The van der Waals surface area contributed by atoms with Crippen LogP contribution in [0, 0.1) is 0 Å². The molecule has 0 heterocycles. The van der Waals surface area contributed by atoms with Crippen LogP contribution in [0.15, 0.2) is 12.2 Å². The first-order valence-electron chi connectivity index (χ1n) is 15.6. The number of unbranched alkanes of at least 4 members (excludes halogenated alkanes) is 12. The molecule has 0 unspecified atom stereocenters. The summed E-state index contributed by atoms with van der Waals surface area (Å²) in [6, 6.07) is 0. The van der Waals surface area contributed by atoms with Crippen LogP contribution in [0.1, 0.15) is 96.8 Å². The predicted octanol–water partition coefficient (Wildman–Crippen LogP) is 5.16. The maximum absolute atomic E-state index is 11.1. The third-order valence-corrected chi connectivity index (χ3v) is 6.68. The second kappa shape index (κ2) is 35.4. The van der Waals surface area contributed by atoms with Crippen LogP contribution >= 0.6 is 0 Å². The Morgan fingerprint density at radius 2 is 0.905 bits per heavy atom. The zero-order valence-corrected chi connectivity index (χ0v) is 29.4. The van der Waals surface area contributed by atoms with Crippen LogP contribution < -0.4 is 0 Å². The average Bonchev–Trinajstić information content (AvgIpc) is 2.92. The van der Waals surface area contributed by atoms with Gasteiger partial charge in [0.25, 0.3) is 10.1 Å². The van der Waals surface area contributed by atoms with E-state index in [1.54, 1.807) is 0 Å². The van der Waals surface area contributed by atoms with Crippen molar-refractivity contribution in [1.29, 1.82) is 0 Å². The molecule has 0 aliphatic carbocycles. The SMILES string of the molecule is CCCCCCCCC=CCCCCCCCCOCCOCCOCCOCCOCCOC(=O)CS(=O)(=O)O.[Na]. The molecule has 10 nitrogen and oxygen atoms in total. The van der Waals surface area contributed by atoms with E-state index in [9.17, 15) is 13.2 Å². The number of ether oxygens (including phenoxy) is 6. The van der Waals surface area contributed by atoms with E-state index in [2.05, 4.69) is 23.8 Å². The van der Waals surface area contributed by atoms with Crippen molar-refractivity contribution in [1.82, 2.24) is 0 Å². The van der Waals surface area contributed by atoms with Crippen molar-refractivity contribution in [3.05, 3.63) is 12.2 Å². The summed E-state index contributed by atoms with van der Waals surface area (Å²) in [4.78, 5) is 11.1. The number of hydrogen-bond donors (Lipinski definition) is 1. The topological polar surface area (TPSA) is 127 Å². The van der Waals surface area contributed by atoms with Gasteiger partial charge < -0.3 is 28.4 Å². The molecule has 1 radical (unpaired) electrons. The van der Waals surface area contributed by atoms with Gasteiger partial charge in [-0.3, -0.25) is 9.35 Å². The van der Waals surface area contributed by atoms with Gasteiger partial charge in [-0.15, -0.1) is 0 Å². The fourth-order valence-electron chi connectivity index (χ4n) is 3.84. The summed E-state index contributed by atoms with van der Waals surface area (Å²) in [5, 5.41) is 0. The Morgan fingerprint density at radius 3 is 1.33 bits per heavy atom. The largest absolute Gasteiger partial charge is 0.462 e. The minimum atomic E-state index is -4.37. The van der Waals surface area contributed by atoms with Gasteiger partial charge in [0.05, 0.1) is 59.5 Å². The second-order valence-electron chi connectivity index (χ2n) is 9.95. The summed E-state index contributed by atoms with van der Waals surface area (Å²) >= 11 is 0. The molecule has 0 bridgehead atoms. The standard InChI is InChI=1S/C30H58O10S.Na/c1-2-3-4-5-6-7-8-9-10-11-12-13-14-15-16-17-18-35-19-20-36-21-22-37-23-24-38-25-26-39-27-28-40-30(31)29-41(32,33)34;/h9-10H,2-8,11-29H2,1H3,(H,32,33,34);. The number of carbonyl (C=O) groups excluding carboxylic acids is 1. The Bertz CT molecular complexity index is 692. The molecule has 12 heteroatoms. The summed E-state index contributed by atoms with van der Waals surface area (Å²) in [6.45, 7) is 6.76. The van der Waals surface area contributed by atoms with Crippen LogP contribution in [0.4, 0.5) is 0 Å². The van der Waals surface area contributed by atoms with E-state index in [0.29, 0.717) is 52.9 Å². The zero-order valence-electron chi connectivity index (χ0n) is 26.6. The van der Waals surface area contributed by atoms with Gasteiger partial charge in [-0.1, -0.05) is 76.9 Å². The van der Waals surface area contributed by atoms with Gasteiger partial charge in [0.15, 0.2) is 5.75 Å². The van der Waals surface area contributed by atoms with E-state index < -0.39 is 21.8 Å². The molecule has 1 N–H and O–H groups in total. The number of hydrogen-bond acceptors (Lipinski definition) is 9. The molecular formula is C30H58NaO10S. The molecule has 42 heavy (non-hydrogen) atoms. The minimum Gasteiger partial charge on any atom is -0.462 e. The van der Waals surface area contributed by atoms with Crippen molar-refractivity contribution in [3.8, 4) is 0 Å². The molecule has 0 atom stereocenters. The molecular weight excluding hydrogens is 575 g/mol. The molecule has 0 aromatic rings. The molecule has 0 saturated heterocycles. The number of esters is 1. The summed E-state index contributed by atoms with van der Waals surface area (Å²) in [6.07, 6.45) is 23.0. The van der Waals surface area contributed by atoms with E-state index in [1.807, 2.05) is 0 Å². The molecule has 0 aliphatic rings.